The molecule has 0 aromatic rings. The summed E-state index contributed by atoms with van der Waals surface area (Å²) in [5.41, 5.74) is 5.34. The van der Waals surface area contributed by atoms with Crippen LogP contribution in [-0.4, -0.2) is 42.8 Å². The zero-order valence-corrected chi connectivity index (χ0v) is 9.34. The molecule has 0 radical (unpaired) electrons. The fraction of sp³-hybridized carbons (Fsp3) is 0.900. The SMILES string of the molecule is NCCC1CCCN(C(=O)C(F)(F)C(F)F)C1. The van der Waals surface area contributed by atoms with Crippen molar-refractivity contribution in [3.63, 3.8) is 0 Å². The molecule has 1 heterocycles. The molecule has 1 amide bonds. The van der Waals surface area contributed by atoms with Crippen molar-refractivity contribution in [2.75, 3.05) is 19.6 Å². The summed E-state index contributed by atoms with van der Waals surface area (Å²) in [5.74, 6) is -6.31. The second-order valence-corrected chi connectivity index (χ2v) is 4.26. The smallest absolute Gasteiger partial charge is 0.337 e. The van der Waals surface area contributed by atoms with Gasteiger partial charge < -0.3 is 10.6 Å². The second kappa shape index (κ2) is 5.66. The van der Waals surface area contributed by atoms with Crippen molar-refractivity contribution in [3.8, 4) is 0 Å². The highest BCUT2D eigenvalue weighted by atomic mass is 19.3. The van der Waals surface area contributed by atoms with Crippen molar-refractivity contribution >= 4 is 5.91 Å². The molecule has 0 aliphatic carbocycles. The van der Waals surface area contributed by atoms with Crippen LogP contribution in [0.2, 0.25) is 0 Å². The number of nitrogens with zero attached hydrogens (tertiary/aromatic N) is 1. The Morgan fingerprint density at radius 3 is 2.65 bits per heavy atom. The van der Waals surface area contributed by atoms with E-state index in [0.29, 0.717) is 19.4 Å². The summed E-state index contributed by atoms with van der Waals surface area (Å²) in [6.45, 7) is 0.610. The van der Waals surface area contributed by atoms with Crippen LogP contribution in [0.25, 0.3) is 0 Å². The number of amides is 1. The average molecular weight is 256 g/mol. The number of nitrogens with two attached hydrogens (primary N) is 1. The van der Waals surface area contributed by atoms with Gasteiger partial charge >= 0.3 is 12.3 Å². The summed E-state index contributed by atoms with van der Waals surface area (Å²) < 4.78 is 49.8. The minimum Gasteiger partial charge on any atom is -0.337 e. The predicted molar refractivity (Wildman–Crippen MR) is 53.9 cm³/mol. The maximum Gasteiger partial charge on any atom is 0.383 e. The molecule has 0 saturated carbocycles. The van der Waals surface area contributed by atoms with Gasteiger partial charge in [0, 0.05) is 13.1 Å². The molecule has 0 aromatic carbocycles. The third kappa shape index (κ3) is 3.31. The number of hydrogen-bond acceptors (Lipinski definition) is 2. The summed E-state index contributed by atoms with van der Waals surface area (Å²) in [5, 5.41) is 0. The summed E-state index contributed by atoms with van der Waals surface area (Å²) in [6.07, 6.45) is -1.99. The second-order valence-electron chi connectivity index (χ2n) is 4.26. The molecular weight excluding hydrogens is 240 g/mol. The van der Waals surface area contributed by atoms with E-state index in [2.05, 4.69) is 0 Å². The van der Waals surface area contributed by atoms with Crippen LogP contribution in [0, 0.1) is 5.92 Å². The molecule has 2 N–H and O–H groups in total. The van der Waals surface area contributed by atoms with E-state index in [1.807, 2.05) is 0 Å². The first-order valence-corrected chi connectivity index (χ1v) is 5.55. The average Bonchev–Trinajstić information content (AvgIpc) is 2.28. The van der Waals surface area contributed by atoms with Gasteiger partial charge in [-0.25, -0.2) is 8.78 Å². The molecule has 3 nitrogen and oxygen atoms in total. The minimum atomic E-state index is -4.58. The fourth-order valence-corrected chi connectivity index (χ4v) is 2.03. The predicted octanol–water partition coefficient (Wildman–Crippen LogP) is 1.47. The highest BCUT2D eigenvalue weighted by Gasteiger charge is 2.51. The Kier molecular flexibility index (Phi) is 4.73. The highest BCUT2D eigenvalue weighted by Crippen LogP contribution is 2.28. The molecule has 1 saturated heterocycles. The quantitative estimate of drug-likeness (QED) is 0.774. The zero-order chi connectivity index (χ0) is 13.1. The van der Waals surface area contributed by atoms with Gasteiger partial charge in [-0.15, -0.1) is 0 Å². The summed E-state index contributed by atoms with van der Waals surface area (Å²) >= 11 is 0. The van der Waals surface area contributed by atoms with Gasteiger partial charge in [-0.3, -0.25) is 4.79 Å². The Balaban J connectivity index is 2.63. The van der Waals surface area contributed by atoms with Gasteiger partial charge in [0.1, 0.15) is 0 Å². The molecule has 1 rings (SSSR count). The molecular formula is C10H16F4N2O. The van der Waals surface area contributed by atoms with Crippen molar-refractivity contribution in [2.45, 2.75) is 31.6 Å². The van der Waals surface area contributed by atoms with Crippen molar-refractivity contribution in [1.82, 2.24) is 4.90 Å². The number of rotatable bonds is 4. The standard InChI is InChI=1S/C10H16F4N2O/c11-8(12)10(13,14)9(17)16-5-1-2-7(6-16)3-4-15/h7-8H,1-6,15H2. The summed E-state index contributed by atoms with van der Waals surface area (Å²) in [6, 6.07) is 0. The first-order chi connectivity index (χ1) is 7.89. The molecule has 7 heteroatoms. The molecule has 1 aliphatic heterocycles. The Morgan fingerprint density at radius 2 is 2.12 bits per heavy atom. The van der Waals surface area contributed by atoms with E-state index in [1.165, 1.54) is 0 Å². The first-order valence-electron chi connectivity index (χ1n) is 5.55. The fourth-order valence-electron chi connectivity index (χ4n) is 2.03. The summed E-state index contributed by atoms with van der Waals surface area (Å²) in [4.78, 5) is 12.1. The topological polar surface area (TPSA) is 46.3 Å². The van der Waals surface area contributed by atoms with Crippen LogP contribution in [0.5, 0.6) is 0 Å². The van der Waals surface area contributed by atoms with Gasteiger partial charge in [0.05, 0.1) is 0 Å². The van der Waals surface area contributed by atoms with E-state index in [-0.39, 0.29) is 19.0 Å². The lowest BCUT2D eigenvalue weighted by atomic mass is 9.94. The lowest BCUT2D eigenvalue weighted by molar-refractivity contribution is -0.182. The van der Waals surface area contributed by atoms with E-state index in [4.69, 9.17) is 5.73 Å². The summed E-state index contributed by atoms with van der Waals surface area (Å²) in [7, 11) is 0. The molecule has 1 aliphatic rings. The van der Waals surface area contributed by atoms with E-state index in [1.54, 1.807) is 0 Å². The Bertz CT molecular complexity index is 271. The number of carbonyl (C=O) groups is 1. The van der Waals surface area contributed by atoms with E-state index >= 15 is 0 Å². The Hall–Kier alpha value is -0.850. The third-order valence-electron chi connectivity index (χ3n) is 2.94. The lowest BCUT2D eigenvalue weighted by Gasteiger charge is -2.34. The molecule has 0 spiro atoms. The Morgan fingerprint density at radius 1 is 1.47 bits per heavy atom. The van der Waals surface area contributed by atoms with Crippen molar-refractivity contribution in [1.29, 1.82) is 0 Å². The molecule has 1 fully saturated rings. The van der Waals surface area contributed by atoms with E-state index < -0.39 is 18.3 Å². The van der Waals surface area contributed by atoms with Crippen LogP contribution in [0.15, 0.2) is 0 Å². The lowest BCUT2D eigenvalue weighted by Crippen LogP contribution is -2.51. The van der Waals surface area contributed by atoms with Crippen LogP contribution < -0.4 is 5.73 Å². The number of alkyl halides is 4. The first kappa shape index (κ1) is 14.2. The molecule has 0 aromatic heterocycles. The number of piperidine rings is 1. The van der Waals surface area contributed by atoms with Crippen LogP contribution in [0.3, 0.4) is 0 Å². The normalized spacial score (nSPS) is 22.0. The largest absolute Gasteiger partial charge is 0.383 e. The van der Waals surface area contributed by atoms with Crippen LogP contribution in [-0.2, 0) is 4.79 Å². The van der Waals surface area contributed by atoms with Crippen LogP contribution in [0.4, 0.5) is 17.6 Å². The van der Waals surface area contributed by atoms with Crippen molar-refractivity contribution in [2.24, 2.45) is 11.7 Å². The van der Waals surface area contributed by atoms with Gasteiger partial charge in [-0.05, 0) is 31.7 Å². The number of hydrogen-bond donors (Lipinski definition) is 1. The molecule has 0 bridgehead atoms. The monoisotopic (exact) mass is 256 g/mol. The number of carbonyl (C=O) groups excluding carboxylic acids is 1. The van der Waals surface area contributed by atoms with E-state index in [0.717, 1.165) is 11.3 Å². The van der Waals surface area contributed by atoms with Crippen LogP contribution >= 0.6 is 0 Å². The van der Waals surface area contributed by atoms with Gasteiger partial charge in [-0.2, -0.15) is 8.78 Å². The maximum absolute atomic E-state index is 12.9. The highest BCUT2D eigenvalue weighted by molar-refractivity contribution is 5.84. The Labute approximate surface area is 96.9 Å². The van der Waals surface area contributed by atoms with Gasteiger partial charge in [-0.1, -0.05) is 0 Å². The molecule has 17 heavy (non-hydrogen) atoms. The third-order valence-corrected chi connectivity index (χ3v) is 2.94. The van der Waals surface area contributed by atoms with E-state index in [9.17, 15) is 22.4 Å². The van der Waals surface area contributed by atoms with Crippen LogP contribution in [0.1, 0.15) is 19.3 Å². The zero-order valence-electron chi connectivity index (χ0n) is 9.34. The molecule has 100 valence electrons. The molecule has 1 unspecified atom stereocenters. The van der Waals surface area contributed by atoms with Gasteiger partial charge in [0.2, 0.25) is 0 Å². The van der Waals surface area contributed by atoms with Crippen molar-refractivity contribution in [3.05, 3.63) is 0 Å². The number of likely N-dealkylation sites (tertiary alicyclic amines) is 1. The number of halogens is 4. The van der Waals surface area contributed by atoms with Gasteiger partial charge in [0.15, 0.2) is 0 Å². The van der Waals surface area contributed by atoms with Gasteiger partial charge in [0.25, 0.3) is 5.91 Å². The minimum absolute atomic E-state index is 0.0335. The van der Waals surface area contributed by atoms with Crippen molar-refractivity contribution < 1.29 is 22.4 Å². The molecule has 1 atom stereocenters. The maximum atomic E-state index is 12.9.